The highest BCUT2D eigenvalue weighted by molar-refractivity contribution is 6.35. The van der Waals surface area contributed by atoms with Crippen LogP contribution in [0.15, 0.2) is 48.5 Å². The Balaban J connectivity index is 2.29. The van der Waals surface area contributed by atoms with Crippen LogP contribution in [-0.4, -0.2) is 5.78 Å². The van der Waals surface area contributed by atoms with Gasteiger partial charge in [0.05, 0.1) is 10.0 Å². The van der Waals surface area contributed by atoms with E-state index in [9.17, 15) is 4.79 Å². The van der Waals surface area contributed by atoms with E-state index in [2.05, 4.69) is 11.8 Å². The van der Waals surface area contributed by atoms with E-state index in [1.807, 2.05) is 12.1 Å². The number of benzene rings is 2. The van der Waals surface area contributed by atoms with Crippen molar-refractivity contribution < 1.29 is 4.79 Å². The van der Waals surface area contributed by atoms with Gasteiger partial charge in [0.2, 0.25) is 5.78 Å². The maximum atomic E-state index is 11.8. The van der Waals surface area contributed by atoms with Crippen molar-refractivity contribution in [2.24, 2.45) is 0 Å². The highest BCUT2D eigenvalue weighted by atomic mass is 35.5. The minimum Gasteiger partial charge on any atom is -0.279 e. The molecule has 0 aliphatic rings. The van der Waals surface area contributed by atoms with Crippen LogP contribution in [0.3, 0.4) is 0 Å². The highest BCUT2D eigenvalue weighted by Gasteiger charge is 2.06. The largest absolute Gasteiger partial charge is 0.279 e. The molecule has 3 heteroatoms. The molecule has 0 N–H and O–H groups in total. The molecule has 0 fully saturated rings. The van der Waals surface area contributed by atoms with Crippen LogP contribution in [0.1, 0.15) is 15.9 Å². The lowest BCUT2D eigenvalue weighted by Crippen LogP contribution is -1.95. The van der Waals surface area contributed by atoms with Gasteiger partial charge in [0.25, 0.3) is 0 Å². The summed E-state index contributed by atoms with van der Waals surface area (Å²) < 4.78 is 0. The molecule has 18 heavy (non-hydrogen) atoms. The van der Waals surface area contributed by atoms with Crippen LogP contribution in [0.5, 0.6) is 0 Å². The average Bonchev–Trinajstić information content (AvgIpc) is 2.38. The fourth-order valence-electron chi connectivity index (χ4n) is 1.40. The van der Waals surface area contributed by atoms with Crippen LogP contribution in [0.2, 0.25) is 10.0 Å². The van der Waals surface area contributed by atoms with Crippen LogP contribution in [0, 0.1) is 11.8 Å². The van der Waals surface area contributed by atoms with Crippen molar-refractivity contribution in [2.75, 3.05) is 0 Å². The number of ketones is 1. The molecule has 0 aliphatic carbocycles. The van der Waals surface area contributed by atoms with E-state index in [-0.39, 0.29) is 5.78 Å². The molecule has 88 valence electrons. The van der Waals surface area contributed by atoms with E-state index in [4.69, 9.17) is 23.2 Å². The van der Waals surface area contributed by atoms with Crippen LogP contribution in [0.4, 0.5) is 0 Å². The lowest BCUT2D eigenvalue weighted by atomic mass is 10.1. The number of hydrogen-bond acceptors (Lipinski definition) is 1. The molecule has 0 bridgehead atoms. The molecule has 0 saturated heterocycles. The number of rotatable bonds is 1. The Morgan fingerprint density at radius 1 is 0.889 bits per heavy atom. The summed E-state index contributed by atoms with van der Waals surface area (Å²) in [7, 11) is 0. The quantitative estimate of drug-likeness (QED) is 0.562. The zero-order chi connectivity index (χ0) is 13.0. The zero-order valence-corrected chi connectivity index (χ0v) is 10.8. The Hall–Kier alpha value is -1.75. The highest BCUT2D eigenvalue weighted by Crippen LogP contribution is 2.16. The van der Waals surface area contributed by atoms with Crippen LogP contribution < -0.4 is 0 Å². The molecule has 0 unspecified atom stereocenters. The molecular weight excluding hydrogens is 267 g/mol. The molecule has 0 aromatic heterocycles. The second-order valence-corrected chi connectivity index (χ2v) is 4.35. The standard InChI is InChI=1S/C15H8Cl2O/c16-13-7-3-1-5-11(13)9-10-15(18)12-6-2-4-8-14(12)17/h1-8H. The SMILES string of the molecule is O=C(C#Cc1ccccc1Cl)c1ccccc1Cl. The number of hydrogen-bond donors (Lipinski definition) is 0. The first-order chi connectivity index (χ1) is 8.68. The van der Waals surface area contributed by atoms with Crippen molar-refractivity contribution in [3.05, 3.63) is 69.7 Å². The van der Waals surface area contributed by atoms with E-state index in [0.717, 1.165) is 0 Å². The molecule has 0 aliphatic heterocycles. The van der Waals surface area contributed by atoms with Crippen molar-refractivity contribution in [3.63, 3.8) is 0 Å². The molecule has 0 spiro atoms. The van der Waals surface area contributed by atoms with Gasteiger partial charge in [-0.1, -0.05) is 53.4 Å². The third-order valence-corrected chi connectivity index (χ3v) is 2.96. The van der Waals surface area contributed by atoms with Crippen LogP contribution in [0.25, 0.3) is 0 Å². The van der Waals surface area contributed by atoms with Crippen molar-refractivity contribution >= 4 is 29.0 Å². The Bertz CT molecular complexity index is 651. The zero-order valence-electron chi connectivity index (χ0n) is 9.28. The summed E-state index contributed by atoms with van der Waals surface area (Å²) in [6.45, 7) is 0. The molecule has 0 radical (unpaired) electrons. The van der Waals surface area contributed by atoms with E-state index in [1.54, 1.807) is 36.4 Å². The first kappa shape index (κ1) is 12.7. The van der Waals surface area contributed by atoms with Gasteiger partial charge in [-0.3, -0.25) is 4.79 Å². The van der Waals surface area contributed by atoms with Gasteiger partial charge in [-0.05, 0) is 30.2 Å². The second-order valence-electron chi connectivity index (χ2n) is 3.54. The van der Waals surface area contributed by atoms with Gasteiger partial charge in [0, 0.05) is 11.1 Å². The molecule has 2 rings (SSSR count). The predicted molar refractivity (Wildman–Crippen MR) is 74.1 cm³/mol. The van der Waals surface area contributed by atoms with Gasteiger partial charge in [0.1, 0.15) is 0 Å². The fourth-order valence-corrected chi connectivity index (χ4v) is 1.80. The summed E-state index contributed by atoms with van der Waals surface area (Å²) in [5, 5.41) is 0.924. The number of carbonyl (C=O) groups excluding carboxylic acids is 1. The number of halogens is 2. The van der Waals surface area contributed by atoms with Gasteiger partial charge in [-0.25, -0.2) is 0 Å². The smallest absolute Gasteiger partial charge is 0.237 e. The van der Waals surface area contributed by atoms with Crippen molar-refractivity contribution in [3.8, 4) is 11.8 Å². The summed E-state index contributed by atoms with van der Waals surface area (Å²) in [5.41, 5.74) is 1.03. The van der Waals surface area contributed by atoms with Gasteiger partial charge in [0.15, 0.2) is 0 Å². The first-order valence-electron chi connectivity index (χ1n) is 5.24. The first-order valence-corrected chi connectivity index (χ1v) is 5.99. The Morgan fingerprint density at radius 2 is 1.50 bits per heavy atom. The molecular formula is C15H8Cl2O. The van der Waals surface area contributed by atoms with E-state index in [1.165, 1.54) is 0 Å². The molecule has 2 aromatic rings. The summed E-state index contributed by atoms with van der Waals surface area (Å²) in [4.78, 5) is 11.8. The van der Waals surface area contributed by atoms with Gasteiger partial charge in [-0.2, -0.15) is 0 Å². The Morgan fingerprint density at radius 3 is 2.17 bits per heavy atom. The maximum Gasteiger partial charge on any atom is 0.237 e. The molecule has 0 atom stereocenters. The second kappa shape index (κ2) is 5.73. The third-order valence-electron chi connectivity index (χ3n) is 2.30. The summed E-state index contributed by atoms with van der Waals surface area (Å²) in [6.07, 6.45) is 0. The van der Waals surface area contributed by atoms with Crippen molar-refractivity contribution in [1.82, 2.24) is 0 Å². The molecule has 1 nitrogen and oxygen atoms in total. The van der Waals surface area contributed by atoms with Gasteiger partial charge in [-0.15, -0.1) is 0 Å². The predicted octanol–water partition coefficient (Wildman–Crippen LogP) is 4.23. The van der Waals surface area contributed by atoms with Gasteiger partial charge >= 0.3 is 0 Å². The van der Waals surface area contributed by atoms with E-state index < -0.39 is 0 Å². The Kier molecular flexibility index (Phi) is 4.04. The fraction of sp³-hybridized carbons (Fsp3) is 0. The van der Waals surface area contributed by atoms with E-state index in [0.29, 0.717) is 21.2 Å². The summed E-state index contributed by atoms with van der Waals surface area (Å²) in [5.74, 6) is 4.97. The number of carbonyl (C=O) groups is 1. The monoisotopic (exact) mass is 274 g/mol. The van der Waals surface area contributed by atoms with E-state index >= 15 is 0 Å². The molecule has 0 heterocycles. The Labute approximate surface area is 115 Å². The number of Topliss-reactive ketones (excluding diaryl/α,β-unsaturated/α-hetero) is 1. The van der Waals surface area contributed by atoms with Gasteiger partial charge < -0.3 is 0 Å². The topological polar surface area (TPSA) is 17.1 Å². The minimum absolute atomic E-state index is 0.319. The molecule has 0 saturated carbocycles. The molecule has 2 aromatic carbocycles. The normalized spacial score (nSPS) is 9.44. The summed E-state index contributed by atoms with van der Waals surface area (Å²) >= 11 is 11.9. The average molecular weight is 275 g/mol. The minimum atomic E-state index is -0.319. The van der Waals surface area contributed by atoms with Crippen molar-refractivity contribution in [1.29, 1.82) is 0 Å². The molecule has 0 amide bonds. The van der Waals surface area contributed by atoms with Crippen LogP contribution >= 0.6 is 23.2 Å². The lowest BCUT2D eigenvalue weighted by Gasteiger charge is -1.96. The summed E-state index contributed by atoms with van der Waals surface area (Å²) in [6, 6.07) is 13.9. The maximum absolute atomic E-state index is 11.8. The van der Waals surface area contributed by atoms with Crippen molar-refractivity contribution in [2.45, 2.75) is 0 Å². The third kappa shape index (κ3) is 2.92. The lowest BCUT2D eigenvalue weighted by molar-refractivity contribution is 0.105. The van der Waals surface area contributed by atoms with Crippen LogP contribution in [-0.2, 0) is 0 Å².